The quantitative estimate of drug-likeness (QED) is 0.878. The van der Waals surface area contributed by atoms with E-state index in [-0.39, 0.29) is 0 Å². The van der Waals surface area contributed by atoms with Gasteiger partial charge < -0.3 is 10.5 Å². The molecule has 4 heteroatoms. The standard InChI is InChI=1S/C12H20N2OS/c1-9-12(10-4-3-7-15-8-10)14-11(16-9)5-2-6-13/h10H,2-8,13H2,1H3. The van der Waals surface area contributed by atoms with E-state index in [9.17, 15) is 0 Å². The Bertz CT molecular complexity index is 332. The molecule has 1 saturated heterocycles. The molecule has 2 rings (SSSR count). The van der Waals surface area contributed by atoms with E-state index in [1.165, 1.54) is 28.4 Å². The summed E-state index contributed by atoms with van der Waals surface area (Å²) in [6.45, 7) is 4.69. The first-order valence-corrected chi connectivity index (χ1v) is 6.87. The van der Waals surface area contributed by atoms with Crippen LogP contribution in [0.5, 0.6) is 0 Å². The predicted molar refractivity (Wildman–Crippen MR) is 67.0 cm³/mol. The third-order valence-corrected chi connectivity index (χ3v) is 4.06. The van der Waals surface area contributed by atoms with Gasteiger partial charge in [0.05, 0.1) is 17.3 Å². The van der Waals surface area contributed by atoms with Gasteiger partial charge in [-0.15, -0.1) is 11.3 Å². The van der Waals surface area contributed by atoms with Gasteiger partial charge >= 0.3 is 0 Å². The summed E-state index contributed by atoms with van der Waals surface area (Å²) >= 11 is 1.83. The highest BCUT2D eigenvalue weighted by molar-refractivity contribution is 7.11. The number of hydrogen-bond acceptors (Lipinski definition) is 4. The van der Waals surface area contributed by atoms with Crippen molar-refractivity contribution in [1.82, 2.24) is 4.98 Å². The Kier molecular flexibility index (Phi) is 4.32. The summed E-state index contributed by atoms with van der Waals surface area (Å²) in [5.41, 5.74) is 6.80. The van der Waals surface area contributed by atoms with Gasteiger partial charge in [0, 0.05) is 23.8 Å². The van der Waals surface area contributed by atoms with Crippen LogP contribution in [0, 0.1) is 6.92 Å². The summed E-state index contributed by atoms with van der Waals surface area (Å²) in [4.78, 5) is 6.12. The maximum atomic E-state index is 5.53. The van der Waals surface area contributed by atoms with E-state index in [1.54, 1.807) is 0 Å². The van der Waals surface area contributed by atoms with Gasteiger partial charge in [-0.05, 0) is 32.7 Å². The van der Waals surface area contributed by atoms with Gasteiger partial charge in [-0.25, -0.2) is 4.98 Å². The van der Waals surface area contributed by atoms with Crippen LogP contribution in [0.2, 0.25) is 0 Å². The fourth-order valence-corrected chi connectivity index (χ4v) is 3.22. The molecule has 0 spiro atoms. The first-order chi connectivity index (χ1) is 7.81. The highest BCUT2D eigenvalue weighted by atomic mass is 32.1. The average Bonchev–Trinajstić information content (AvgIpc) is 2.69. The zero-order valence-corrected chi connectivity index (χ0v) is 10.7. The number of hydrogen-bond donors (Lipinski definition) is 1. The predicted octanol–water partition coefficient (Wildman–Crippen LogP) is 2.24. The van der Waals surface area contributed by atoms with Gasteiger partial charge in [-0.2, -0.15) is 0 Å². The zero-order valence-electron chi connectivity index (χ0n) is 9.87. The lowest BCUT2D eigenvalue weighted by Crippen LogP contribution is -2.16. The fourth-order valence-electron chi connectivity index (χ4n) is 2.16. The second kappa shape index (κ2) is 5.75. The van der Waals surface area contributed by atoms with Crippen molar-refractivity contribution in [3.8, 4) is 0 Å². The lowest BCUT2D eigenvalue weighted by atomic mass is 9.98. The third-order valence-electron chi connectivity index (χ3n) is 3.02. The molecule has 1 aliphatic rings. The first-order valence-electron chi connectivity index (χ1n) is 6.05. The summed E-state index contributed by atoms with van der Waals surface area (Å²) < 4.78 is 5.53. The molecule has 0 aromatic carbocycles. The van der Waals surface area contributed by atoms with E-state index in [0.717, 1.165) is 32.6 Å². The molecule has 2 heterocycles. The van der Waals surface area contributed by atoms with Crippen LogP contribution >= 0.6 is 11.3 Å². The molecule has 1 aromatic heterocycles. The molecular weight excluding hydrogens is 220 g/mol. The van der Waals surface area contributed by atoms with Crippen LogP contribution in [0.1, 0.15) is 40.8 Å². The van der Waals surface area contributed by atoms with Gasteiger partial charge in [-0.3, -0.25) is 0 Å². The Hall–Kier alpha value is -0.450. The monoisotopic (exact) mass is 240 g/mol. The van der Waals surface area contributed by atoms with Crippen LogP contribution in [0.25, 0.3) is 0 Å². The number of aryl methyl sites for hydroxylation is 2. The third kappa shape index (κ3) is 2.81. The molecule has 1 atom stereocenters. The molecule has 0 aliphatic carbocycles. The molecule has 3 nitrogen and oxygen atoms in total. The van der Waals surface area contributed by atoms with Gasteiger partial charge in [0.15, 0.2) is 0 Å². The molecule has 1 unspecified atom stereocenters. The summed E-state index contributed by atoms with van der Waals surface area (Å²) in [5, 5.41) is 1.24. The molecule has 1 aromatic rings. The molecule has 0 amide bonds. The topological polar surface area (TPSA) is 48.1 Å². The second-order valence-corrected chi connectivity index (χ2v) is 5.64. The number of thiazole rings is 1. The van der Waals surface area contributed by atoms with Crippen LogP contribution in [0.15, 0.2) is 0 Å². The molecule has 0 radical (unpaired) electrons. The molecule has 1 aliphatic heterocycles. The molecule has 0 bridgehead atoms. The van der Waals surface area contributed by atoms with Gasteiger partial charge in [0.1, 0.15) is 0 Å². The van der Waals surface area contributed by atoms with E-state index in [4.69, 9.17) is 15.5 Å². The van der Waals surface area contributed by atoms with E-state index >= 15 is 0 Å². The van der Waals surface area contributed by atoms with Crippen molar-refractivity contribution in [2.24, 2.45) is 5.73 Å². The Balaban J connectivity index is 2.04. The maximum Gasteiger partial charge on any atom is 0.0931 e. The lowest BCUT2D eigenvalue weighted by Gasteiger charge is -2.20. The van der Waals surface area contributed by atoms with Crippen molar-refractivity contribution < 1.29 is 4.74 Å². The molecule has 90 valence electrons. The first kappa shape index (κ1) is 12.0. The Morgan fingerprint density at radius 3 is 3.12 bits per heavy atom. The highest BCUT2D eigenvalue weighted by Crippen LogP contribution is 2.30. The minimum absolute atomic E-state index is 0.525. The molecular formula is C12H20N2OS. The Labute approximate surface area is 101 Å². The van der Waals surface area contributed by atoms with Crippen LogP contribution < -0.4 is 5.73 Å². The minimum Gasteiger partial charge on any atom is -0.381 e. The van der Waals surface area contributed by atoms with Crippen molar-refractivity contribution in [1.29, 1.82) is 0 Å². The molecule has 16 heavy (non-hydrogen) atoms. The summed E-state index contributed by atoms with van der Waals surface area (Å²) in [5.74, 6) is 0.525. The van der Waals surface area contributed by atoms with E-state index in [0.29, 0.717) is 5.92 Å². The molecule has 0 saturated carbocycles. The van der Waals surface area contributed by atoms with Crippen LogP contribution in [-0.2, 0) is 11.2 Å². The fraction of sp³-hybridized carbons (Fsp3) is 0.750. The van der Waals surface area contributed by atoms with Crippen molar-refractivity contribution in [3.63, 3.8) is 0 Å². The molecule has 2 N–H and O–H groups in total. The second-order valence-electron chi connectivity index (χ2n) is 4.36. The van der Waals surface area contributed by atoms with Crippen LogP contribution in [0.4, 0.5) is 0 Å². The summed E-state index contributed by atoms with van der Waals surface area (Å²) in [6, 6.07) is 0. The summed E-state index contributed by atoms with van der Waals surface area (Å²) in [7, 11) is 0. The number of nitrogens with two attached hydrogens (primary N) is 1. The van der Waals surface area contributed by atoms with Gasteiger partial charge in [0.2, 0.25) is 0 Å². The Morgan fingerprint density at radius 2 is 2.44 bits per heavy atom. The van der Waals surface area contributed by atoms with Crippen LogP contribution in [0.3, 0.4) is 0 Å². The van der Waals surface area contributed by atoms with E-state index in [1.807, 2.05) is 11.3 Å². The van der Waals surface area contributed by atoms with Crippen molar-refractivity contribution in [2.45, 2.75) is 38.5 Å². The normalized spacial score (nSPS) is 21.2. The number of aromatic nitrogens is 1. The summed E-state index contributed by atoms with van der Waals surface area (Å²) in [6.07, 6.45) is 4.45. The lowest BCUT2D eigenvalue weighted by molar-refractivity contribution is 0.0793. The minimum atomic E-state index is 0.525. The highest BCUT2D eigenvalue weighted by Gasteiger charge is 2.21. The maximum absolute atomic E-state index is 5.53. The smallest absolute Gasteiger partial charge is 0.0931 e. The largest absolute Gasteiger partial charge is 0.381 e. The number of ether oxygens (including phenoxy) is 1. The van der Waals surface area contributed by atoms with E-state index in [2.05, 4.69) is 6.92 Å². The van der Waals surface area contributed by atoms with Crippen molar-refractivity contribution in [3.05, 3.63) is 15.6 Å². The van der Waals surface area contributed by atoms with Gasteiger partial charge in [-0.1, -0.05) is 0 Å². The zero-order chi connectivity index (χ0) is 11.4. The number of rotatable bonds is 4. The number of nitrogens with zero attached hydrogens (tertiary/aromatic N) is 1. The molecule has 1 fully saturated rings. The SMILES string of the molecule is Cc1sc(CCCN)nc1C1CCCOC1. The van der Waals surface area contributed by atoms with Gasteiger partial charge in [0.25, 0.3) is 0 Å². The van der Waals surface area contributed by atoms with Crippen molar-refractivity contribution in [2.75, 3.05) is 19.8 Å². The van der Waals surface area contributed by atoms with Crippen molar-refractivity contribution >= 4 is 11.3 Å². The Morgan fingerprint density at radius 1 is 1.56 bits per heavy atom. The van der Waals surface area contributed by atoms with E-state index < -0.39 is 0 Å². The average molecular weight is 240 g/mol. The van der Waals surface area contributed by atoms with Crippen LogP contribution in [-0.4, -0.2) is 24.7 Å².